The minimum atomic E-state index is -0.860. The van der Waals surface area contributed by atoms with E-state index in [1.54, 1.807) is 0 Å². The molecule has 1 aliphatic heterocycles. The first kappa shape index (κ1) is 12.3. The van der Waals surface area contributed by atoms with Gasteiger partial charge in [0.25, 0.3) is 0 Å². The number of hydrogen-bond acceptors (Lipinski definition) is 2. The normalized spacial score (nSPS) is 22.3. The van der Waals surface area contributed by atoms with Gasteiger partial charge in [-0.05, 0) is 30.5 Å². The van der Waals surface area contributed by atoms with Gasteiger partial charge in [0.15, 0.2) is 11.6 Å². The summed E-state index contributed by atoms with van der Waals surface area (Å²) in [7, 11) is 0. The van der Waals surface area contributed by atoms with Crippen LogP contribution in [0.15, 0.2) is 24.4 Å². The van der Waals surface area contributed by atoms with Crippen molar-refractivity contribution in [1.82, 2.24) is 9.55 Å². The fourth-order valence-electron chi connectivity index (χ4n) is 2.62. The van der Waals surface area contributed by atoms with Crippen molar-refractivity contribution < 1.29 is 8.78 Å². The zero-order valence-corrected chi connectivity index (χ0v) is 10.6. The Bertz CT molecular complexity index is 621. The van der Waals surface area contributed by atoms with Crippen LogP contribution < -0.4 is 5.73 Å². The van der Waals surface area contributed by atoms with Crippen LogP contribution >= 0.6 is 0 Å². The van der Waals surface area contributed by atoms with Crippen LogP contribution in [0.1, 0.15) is 25.2 Å². The third-order valence-corrected chi connectivity index (χ3v) is 3.52. The van der Waals surface area contributed by atoms with Crippen LogP contribution in [0, 0.1) is 17.6 Å². The number of nitrogens with two attached hydrogens (primary N) is 1. The highest BCUT2D eigenvalue weighted by molar-refractivity contribution is 5.58. The Labute approximate surface area is 110 Å². The predicted molar refractivity (Wildman–Crippen MR) is 68.3 cm³/mol. The minimum absolute atomic E-state index is 0.0946. The molecule has 1 aliphatic rings. The van der Waals surface area contributed by atoms with Crippen molar-refractivity contribution in [2.45, 2.75) is 25.9 Å². The molecule has 0 spiro atoms. The van der Waals surface area contributed by atoms with Crippen molar-refractivity contribution in [2.75, 3.05) is 0 Å². The molecule has 2 atom stereocenters. The van der Waals surface area contributed by atoms with Gasteiger partial charge in [-0.15, -0.1) is 0 Å². The lowest BCUT2D eigenvalue weighted by atomic mass is 9.98. The van der Waals surface area contributed by atoms with E-state index in [0.717, 1.165) is 24.9 Å². The van der Waals surface area contributed by atoms with Crippen LogP contribution in [0.25, 0.3) is 11.3 Å². The Morgan fingerprint density at radius 2 is 2.11 bits per heavy atom. The standard InChI is InChI=1S/C14H15F2N3/c1-8-4-12(17)14-18-13(7-19(14)6-8)9-2-3-10(15)11(16)5-9/h2-3,5,7-8,12H,4,6,17H2,1H3. The number of aromatic nitrogens is 2. The molecule has 0 saturated heterocycles. The molecule has 1 aromatic heterocycles. The first-order valence-corrected chi connectivity index (χ1v) is 6.32. The van der Waals surface area contributed by atoms with Gasteiger partial charge in [-0.2, -0.15) is 0 Å². The molecule has 19 heavy (non-hydrogen) atoms. The van der Waals surface area contributed by atoms with E-state index >= 15 is 0 Å². The topological polar surface area (TPSA) is 43.8 Å². The highest BCUT2D eigenvalue weighted by Crippen LogP contribution is 2.29. The number of halogens is 2. The quantitative estimate of drug-likeness (QED) is 0.859. The first-order chi connectivity index (χ1) is 9.04. The van der Waals surface area contributed by atoms with Gasteiger partial charge in [0.2, 0.25) is 0 Å². The van der Waals surface area contributed by atoms with Crippen molar-refractivity contribution in [2.24, 2.45) is 11.7 Å². The lowest BCUT2D eigenvalue weighted by molar-refractivity contribution is 0.346. The van der Waals surface area contributed by atoms with E-state index < -0.39 is 11.6 Å². The Kier molecular flexibility index (Phi) is 2.86. The van der Waals surface area contributed by atoms with Gasteiger partial charge >= 0.3 is 0 Å². The van der Waals surface area contributed by atoms with E-state index in [1.165, 1.54) is 12.1 Å². The van der Waals surface area contributed by atoms with E-state index in [0.29, 0.717) is 17.2 Å². The fraction of sp³-hybridized carbons (Fsp3) is 0.357. The highest BCUT2D eigenvalue weighted by Gasteiger charge is 2.24. The highest BCUT2D eigenvalue weighted by atomic mass is 19.2. The van der Waals surface area contributed by atoms with Crippen LogP contribution in [0.3, 0.4) is 0 Å². The van der Waals surface area contributed by atoms with E-state index in [2.05, 4.69) is 11.9 Å². The van der Waals surface area contributed by atoms with Crippen LogP contribution in [0.5, 0.6) is 0 Å². The Hall–Kier alpha value is -1.75. The summed E-state index contributed by atoms with van der Waals surface area (Å²) in [6.07, 6.45) is 2.76. The van der Waals surface area contributed by atoms with Crippen molar-refractivity contribution in [1.29, 1.82) is 0 Å². The molecule has 0 bridgehead atoms. The van der Waals surface area contributed by atoms with Gasteiger partial charge < -0.3 is 10.3 Å². The number of benzene rings is 1. The molecule has 3 nitrogen and oxygen atoms in total. The lowest BCUT2D eigenvalue weighted by Crippen LogP contribution is -2.26. The minimum Gasteiger partial charge on any atom is -0.333 e. The van der Waals surface area contributed by atoms with Crippen LogP contribution in [0.2, 0.25) is 0 Å². The van der Waals surface area contributed by atoms with Crippen molar-refractivity contribution >= 4 is 0 Å². The maximum Gasteiger partial charge on any atom is 0.159 e. The summed E-state index contributed by atoms with van der Waals surface area (Å²) in [5.41, 5.74) is 7.27. The van der Waals surface area contributed by atoms with Gasteiger partial charge in [0.05, 0.1) is 11.7 Å². The number of rotatable bonds is 1. The van der Waals surface area contributed by atoms with E-state index in [-0.39, 0.29) is 6.04 Å². The van der Waals surface area contributed by atoms with Crippen molar-refractivity contribution in [3.05, 3.63) is 41.9 Å². The summed E-state index contributed by atoms with van der Waals surface area (Å²) in [6, 6.07) is 3.72. The zero-order valence-electron chi connectivity index (χ0n) is 10.6. The molecule has 0 radical (unpaired) electrons. The largest absolute Gasteiger partial charge is 0.333 e. The lowest BCUT2D eigenvalue weighted by Gasteiger charge is -2.25. The summed E-state index contributed by atoms with van der Waals surface area (Å²) in [4.78, 5) is 4.46. The molecular formula is C14H15F2N3. The molecule has 2 heterocycles. The van der Waals surface area contributed by atoms with Crippen molar-refractivity contribution in [3.63, 3.8) is 0 Å². The molecule has 2 aromatic rings. The summed E-state index contributed by atoms with van der Waals surface area (Å²) in [6.45, 7) is 3.00. The predicted octanol–water partition coefficient (Wildman–Crippen LogP) is 2.87. The number of hydrogen-bond donors (Lipinski definition) is 1. The summed E-state index contributed by atoms with van der Waals surface area (Å²) < 4.78 is 28.2. The molecular weight excluding hydrogens is 248 g/mol. The van der Waals surface area contributed by atoms with E-state index in [4.69, 9.17) is 5.73 Å². The molecule has 0 amide bonds. The monoisotopic (exact) mass is 263 g/mol. The maximum atomic E-state index is 13.3. The number of fused-ring (bicyclic) bond motifs is 1. The third kappa shape index (κ3) is 2.14. The van der Waals surface area contributed by atoms with Gasteiger partial charge in [0.1, 0.15) is 5.82 Å². The smallest absolute Gasteiger partial charge is 0.159 e. The molecule has 1 aromatic carbocycles. The molecule has 100 valence electrons. The van der Waals surface area contributed by atoms with Gasteiger partial charge in [-0.3, -0.25) is 0 Å². The van der Waals surface area contributed by atoms with E-state index in [9.17, 15) is 8.78 Å². The zero-order chi connectivity index (χ0) is 13.6. The Balaban J connectivity index is 2.03. The Morgan fingerprint density at radius 1 is 1.32 bits per heavy atom. The molecule has 5 heteroatoms. The molecule has 2 N–H and O–H groups in total. The fourth-order valence-corrected chi connectivity index (χ4v) is 2.62. The number of imidazole rings is 1. The average Bonchev–Trinajstić information content (AvgIpc) is 2.76. The van der Waals surface area contributed by atoms with Gasteiger partial charge in [-0.1, -0.05) is 6.92 Å². The molecule has 0 aliphatic carbocycles. The van der Waals surface area contributed by atoms with Gasteiger partial charge in [-0.25, -0.2) is 13.8 Å². The Morgan fingerprint density at radius 3 is 2.84 bits per heavy atom. The second-order valence-electron chi connectivity index (χ2n) is 5.21. The second kappa shape index (κ2) is 4.42. The summed E-state index contributed by atoms with van der Waals surface area (Å²) in [5, 5.41) is 0. The van der Waals surface area contributed by atoms with Crippen molar-refractivity contribution in [3.8, 4) is 11.3 Å². The molecule has 0 saturated carbocycles. The maximum absolute atomic E-state index is 13.3. The van der Waals surface area contributed by atoms with Crippen LogP contribution in [-0.4, -0.2) is 9.55 Å². The third-order valence-electron chi connectivity index (χ3n) is 3.52. The van der Waals surface area contributed by atoms with Gasteiger partial charge in [0, 0.05) is 18.3 Å². The average molecular weight is 263 g/mol. The summed E-state index contributed by atoms with van der Waals surface area (Å²) in [5.74, 6) is -0.397. The SMILES string of the molecule is CC1CC(N)c2nc(-c3ccc(F)c(F)c3)cn2C1. The summed E-state index contributed by atoms with van der Waals surface area (Å²) >= 11 is 0. The molecule has 0 fully saturated rings. The molecule has 2 unspecified atom stereocenters. The first-order valence-electron chi connectivity index (χ1n) is 6.32. The van der Waals surface area contributed by atoms with Crippen LogP contribution in [-0.2, 0) is 6.54 Å². The number of nitrogens with zero attached hydrogens (tertiary/aromatic N) is 2. The second-order valence-corrected chi connectivity index (χ2v) is 5.21. The molecule has 3 rings (SSSR count). The van der Waals surface area contributed by atoms with E-state index in [1.807, 2.05) is 10.8 Å². The van der Waals surface area contributed by atoms with Crippen LogP contribution in [0.4, 0.5) is 8.78 Å².